The molecule has 1 aromatic rings. The van der Waals surface area contributed by atoms with E-state index in [9.17, 15) is 4.79 Å². The van der Waals surface area contributed by atoms with E-state index in [-0.39, 0.29) is 12.6 Å². The fourth-order valence-corrected chi connectivity index (χ4v) is 2.01. The summed E-state index contributed by atoms with van der Waals surface area (Å²) in [5.41, 5.74) is 13.5. The van der Waals surface area contributed by atoms with E-state index in [1.54, 1.807) is 0 Å². The second-order valence-electron chi connectivity index (χ2n) is 4.19. The van der Waals surface area contributed by atoms with Gasteiger partial charge in [-0.15, -0.1) is 0 Å². The summed E-state index contributed by atoms with van der Waals surface area (Å²) in [6.45, 7) is -0.0785. The lowest BCUT2D eigenvalue weighted by Gasteiger charge is -2.21. The maximum Gasteiger partial charge on any atom is 0.255 e. The number of carbonyl (C=O) groups is 1. The zero-order valence-corrected chi connectivity index (χ0v) is 9.11. The standard InChI is InChI=1S/C12H16N2O2/c13-10-3-1-8-2-4-11(6-9(8)5-10)16-7-12(14)15/h2,4,6,10H,1,3,5,7,13H2,(H2,14,15). The van der Waals surface area contributed by atoms with E-state index in [0.717, 1.165) is 19.3 Å². The smallest absolute Gasteiger partial charge is 0.255 e. The van der Waals surface area contributed by atoms with Crippen molar-refractivity contribution in [1.82, 2.24) is 0 Å². The summed E-state index contributed by atoms with van der Waals surface area (Å²) in [7, 11) is 0. The first kappa shape index (κ1) is 11.0. The Balaban J connectivity index is 2.11. The SMILES string of the molecule is NC(=O)COc1ccc2c(c1)CC(N)CC2. The number of hydrogen-bond acceptors (Lipinski definition) is 3. The molecule has 4 nitrogen and oxygen atoms in total. The molecule has 2 rings (SSSR count). The molecule has 1 atom stereocenters. The number of ether oxygens (including phenoxy) is 1. The Morgan fingerprint density at radius 1 is 1.44 bits per heavy atom. The number of amides is 1. The fourth-order valence-electron chi connectivity index (χ4n) is 2.01. The minimum absolute atomic E-state index is 0.0785. The van der Waals surface area contributed by atoms with Crippen molar-refractivity contribution < 1.29 is 9.53 Å². The van der Waals surface area contributed by atoms with E-state index in [0.29, 0.717) is 5.75 Å². The quantitative estimate of drug-likeness (QED) is 0.772. The van der Waals surface area contributed by atoms with Gasteiger partial charge in [-0.1, -0.05) is 6.07 Å². The highest BCUT2D eigenvalue weighted by atomic mass is 16.5. The molecule has 0 spiro atoms. The summed E-state index contributed by atoms with van der Waals surface area (Å²) in [6.07, 6.45) is 2.93. The third kappa shape index (κ3) is 2.52. The maximum absolute atomic E-state index is 10.6. The molecule has 0 heterocycles. The van der Waals surface area contributed by atoms with Gasteiger partial charge in [0.2, 0.25) is 0 Å². The molecule has 0 fully saturated rings. The summed E-state index contributed by atoms with van der Waals surface area (Å²) >= 11 is 0. The fraction of sp³-hybridized carbons (Fsp3) is 0.417. The number of primary amides is 1. The summed E-state index contributed by atoms with van der Waals surface area (Å²) in [5, 5.41) is 0. The van der Waals surface area contributed by atoms with Gasteiger partial charge in [0.1, 0.15) is 5.75 Å². The minimum Gasteiger partial charge on any atom is -0.484 e. The van der Waals surface area contributed by atoms with Crippen molar-refractivity contribution in [2.24, 2.45) is 11.5 Å². The van der Waals surface area contributed by atoms with Crippen LogP contribution in [0.5, 0.6) is 5.75 Å². The number of benzene rings is 1. The average molecular weight is 220 g/mol. The Bertz CT molecular complexity index is 404. The zero-order chi connectivity index (χ0) is 11.5. The van der Waals surface area contributed by atoms with Crippen LogP contribution in [-0.2, 0) is 17.6 Å². The van der Waals surface area contributed by atoms with E-state index in [4.69, 9.17) is 16.2 Å². The van der Waals surface area contributed by atoms with Crippen molar-refractivity contribution in [3.63, 3.8) is 0 Å². The Labute approximate surface area is 94.6 Å². The number of rotatable bonds is 3. The third-order valence-corrected chi connectivity index (χ3v) is 2.83. The number of nitrogens with two attached hydrogens (primary N) is 2. The van der Waals surface area contributed by atoms with Crippen molar-refractivity contribution in [2.45, 2.75) is 25.3 Å². The summed E-state index contributed by atoms with van der Waals surface area (Å²) < 4.78 is 5.25. The Hall–Kier alpha value is -1.55. The molecule has 0 aliphatic heterocycles. The van der Waals surface area contributed by atoms with Crippen LogP contribution in [0.15, 0.2) is 18.2 Å². The van der Waals surface area contributed by atoms with Crippen molar-refractivity contribution >= 4 is 5.91 Å². The van der Waals surface area contributed by atoms with Crippen LogP contribution in [0.25, 0.3) is 0 Å². The molecular formula is C12H16N2O2. The van der Waals surface area contributed by atoms with Crippen LogP contribution < -0.4 is 16.2 Å². The second-order valence-corrected chi connectivity index (χ2v) is 4.19. The van der Waals surface area contributed by atoms with Crippen LogP contribution >= 0.6 is 0 Å². The molecule has 1 unspecified atom stereocenters. The second kappa shape index (κ2) is 4.53. The van der Waals surface area contributed by atoms with Gasteiger partial charge in [-0.25, -0.2) is 0 Å². The van der Waals surface area contributed by atoms with Crippen molar-refractivity contribution in [3.05, 3.63) is 29.3 Å². The van der Waals surface area contributed by atoms with Gasteiger partial charge in [-0.05, 0) is 42.5 Å². The van der Waals surface area contributed by atoms with Crippen LogP contribution in [0.3, 0.4) is 0 Å². The lowest BCUT2D eigenvalue weighted by Crippen LogP contribution is -2.27. The Morgan fingerprint density at radius 3 is 3.00 bits per heavy atom. The van der Waals surface area contributed by atoms with Gasteiger partial charge in [0.15, 0.2) is 6.61 Å². The molecule has 86 valence electrons. The predicted molar refractivity (Wildman–Crippen MR) is 61.1 cm³/mol. The lowest BCUT2D eigenvalue weighted by atomic mass is 9.89. The largest absolute Gasteiger partial charge is 0.484 e. The first-order valence-corrected chi connectivity index (χ1v) is 5.43. The predicted octanol–water partition coefficient (Wildman–Crippen LogP) is 0.367. The highest BCUT2D eigenvalue weighted by molar-refractivity contribution is 5.75. The molecule has 1 aliphatic carbocycles. The maximum atomic E-state index is 10.6. The van der Waals surface area contributed by atoms with E-state index in [1.165, 1.54) is 11.1 Å². The molecule has 16 heavy (non-hydrogen) atoms. The van der Waals surface area contributed by atoms with Gasteiger partial charge < -0.3 is 16.2 Å². The molecule has 0 bridgehead atoms. The number of hydrogen-bond donors (Lipinski definition) is 2. The molecule has 0 saturated heterocycles. The first-order chi connectivity index (χ1) is 7.65. The van der Waals surface area contributed by atoms with E-state index in [1.807, 2.05) is 18.2 Å². The molecule has 0 aromatic heterocycles. The Morgan fingerprint density at radius 2 is 2.25 bits per heavy atom. The van der Waals surface area contributed by atoms with Gasteiger partial charge in [0.25, 0.3) is 5.91 Å². The molecular weight excluding hydrogens is 204 g/mol. The number of carbonyl (C=O) groups excluding carboxylic acids is 1. The van der Waals surface area contributed by atoms with Gasteiger partial charge in [0.05, 0.1) is 0 Å². The number of aryl methyl sites for hydroxylation is 1. The zero-order valence-electron chi connectivity index (χ0n) is 9.11. The Kier molecular flexibility index (Phi) is 3.10. The van der Waals surface area contributed by atoms with Gasteiger partial charge in [0, 0.05) is 6.04 Å². The summed E-state index contributed by atoms with van der Waals surface area (Å²) in [5.74, 6) is 0.223. The normalized spacial score (nSPS) is 18.9. The van der Waals surface area contributed by atoms with Crippen molar-refractivity contribution in [2.75, 3.05) is 6.61 Å². The first-order valence-electron chi connectivity index (χ1n) is 5.43. The molecule has 0 saturated carbocycles. The molecule has 4 N–H and O–H groups in total. The van der Waals surface area contributed by atoms with Crippen molar-refractivity contribution in [3.8, 4) is 5.75 Å². The van der Waals surface area contributed by atoms with E-state index >= 15 is 0 Å². The van der Waals surface area contributed by atoms with E-state index in [2.05, 4.69) is 0 Å². The lowest BCUT2D eigenvalue weighted by molar-refractivity contribution is -0.119. The van der Waals surface area contributed by atoms with Gasteiger partial charge >= 0.3 is 0 Å². The molecule has 1 aromatic carbocycles. The topological polar surface area (TPSA) is 78.3 Å². The molecule has 0 radical (unpaired) electrons. The monoisotopic (exact) mass is 220 g/mol. The van der Waals surface area contributed by atoms with Gasteiger partial charge in [-0.3, -0.25) is 4.79 Å². The average Bonchev–Trinajstić information content (AvgIpc) is 2.25. The highest BCUT2D eigenvalue weighted by Crippen LogP contribution is 2.24. The molecule has 1 amide bonds. The minimum atomic E-state index is -0.463. The van der Waals surface area contributed by atoms with Crippen molar-refractivity contribution in [1.29, 1.82) is 0 Å². The summed E-state index contributed by atoms with van der Waals surface area (Å²) in [6, 6.07) is 6.10. The highest BCUT2D eigenvalue weighted by Gasteiger charge is 2.15. The van der Waals surface area contributed by atoms with Crippen LogP contribution in [0.2, 0.25) is 0 Å². The van der Waals surface area contributed by atoms with Crippen LogP contribution in [0, 0.1) is 0 Å². The van der Waals surface area contributed by atoms with Gasteiger partial charge in [-0.2, -0.15) is 0 Å². The number of fused-ring (bicyclic) bond motifs is 1. The van der Waals surface area contributed by atoms with Crippen LogP contribution in [-0.4, -0.2) is 18.6 Å². The van der Waals surface area contributed by atoms with Crippen LogP contribution in [0.4, 0.5) is 0 Å². The summed E-state index contributed by atoms with van der Waals surface area (Å²) in [4.78, 5) is 10.6. The van der Waals surface area contributed by atoms with Crippen LogP contribution in [0.1, 0.15) is 17.5 Å². The third-order valence-electron chi connectivity index (χ3n) is 2.83. The molecule has 4 heteroatoms. The van der Waals surface area contributed by atoms with E-state index < -0.39 is 5.91 Å². The molecule has 1 aliphatic rings.